The fraction of sp³-hybridized carbons (Fsp3) is 0.217. The molecule has 2 aromatic carbocycles. The summed E-state index contributed by atoms with van der Waals surface area (Å²) in [5.74, 6) is 0.506. The van der Waals surface area contributed by atoms with E-state index in [0.717, 1.165) is 48.4 Å². The van der Waals surface area contributed by atoms with Crippen molar-refractivity contribution >= 4 is 34.4 Å². The van der Waals surface area contributed by atoms with Crippen LogP contribution in [0.25, 0.3) is 17.0 Å². The van der Waals surface area contributed by atoms with Gasteiger partial charge >= 0.3 is 6.18 Å². The van der Waals surface area contributed by atoms with Gasteiger partial charge in [-0.15, -0.1) is 0 Å². The summed E-state index contributed by atoms with van der Waals surface area (Å²) < 4.78 is 37.8. The van der Waals surface area contributed by atoms with Crippen molar-refractivity contribution in [2.45, 2.75) is 18.6 Å². The standard InChI is InChI=1S/C23H21F3N4O/c24-23(25,26)17-5-1-15(2-6-17)3-10-22(31)28-19-7-8-20-16(13-19)4-9-21(29-20)30-12-11-18(27)14-30/h1-10,13,18H,11-12,14,27H2,(H,28,31)/b10-3+. The molecule has 1 aliphatic rings. The molecule has 0 radical (unpaired) electrons. The van der Waals surface area contributed by atoms with Crippen LogP contribution in [0, 0.1) is 0 Å². The quantitative estimate of drug-likeness (QED) is 0.605. The van der Waals surface area contributed by atoms with Crippen molar-refractivity contribution in [3.05, 3.63) is 71.8 Å². The van der Waals surface area contributed by atoms with Crippen LogP contribution < -0.4 is 16.0 Å². The Morgan fingerprint density at radius 1 is 1.13 bits per heavy atom. The molecule has 31 heavy (non-hydrogen) atoms. The first-order valence-electron chi connectivity index (χ1n) is 9.85. The number of fused-ring (bicyclic) bond motifs is 1. The van der Waals surface area contributed by atoms with Gasteiger partial charge in [-0.1, -0.05) is 12.1 Å². The number of carbonyl (C=O) groups excluding carboxylic acids is 1. The molecule has 3 N–H and O–H groups in total. The van der Waals surface area contributed by atoms with Crippen molar-refractivity contribution < 1.29 is 18.0 Å². The third-order valence-electron chi connectivity index (χ3n) is 5.16. The molecule has 1 fully saturated rings. The Labute approximate surface area is 177 Å². The summed E-state index contributed by atoms with van der Waals surface area (Å²) >= 11 is 0. The molecule has 0 spiro atoms. The second-order valence-electron chi connectivity index (χ2n) is 7.51. The van der Waals surface area contributed by atoms with Crippen LogP contribution in [0.5, 0.6) is 0 Å². The summed E-state index contributed by atoms with van der Waals surface area (Å²) in [6.07, 6.45) is -0.687. The molecule has 0 aliphatic carbocycles. The van der Waals surface area contributed by atoms with Crippen molar-refractivity contribution in [3.8, 4) is 0 Å². The van der Waals surface area contributed by atoms with Crippen LogP contribution in [-0.2, 0) is 11.0 Å². The van der Waals surface area contributed by atoms with E-state index in [2.05, 4.69) is 15.2 Å². The van der Waals surface area contributed by atoms with Crippen molar-refractivity contribution in [1.29, 1.82) is 0 Å². The normalized spacial score (nSPS) is 16.9. The molecule has 1 saturated heterocycles. The maximum atomic E-state index is 12.6. The van der Waals surface area contributed by atoms with Crippen LogP contribution in [0.4, 0.5) is 24.7 Å². The molecule has 1 unspecified atom stereocenters. The van der Waals surface area contributed by atoms with E-state index in [1.54, 1.807) is 6.07 Å². The number of rotatable bonds is 4. The Hall–Kier alpha value is -3.39. The van der Waals surface area contributed by atoms with Crippen LogP contribution in [0.2, 0.25) is 0 Å². The van der Waals surface area contributed by atoms with Crippen LogP contribution in [0.3, 0.4) is 0 Å². The number of aromatic nitrogens is 1. The van der Waals surface area contributed by atoms with Crippen molar-refractivity contribution in [2.75, 3.05) is 23.3 Å². The Balaban J connectivity index is 1.42. The van der Waals surface area contributed by atoms with Gasteiger partial charge in [0, 0.05) is 36.3 Å². The number of anilines is 2. The molecule has 8 heteroatoms. The van der Waals surface area contributed by atoms with E-state index in [1.165, 1.54) is 24.3 Å². The van der Waals surface area contributed by atoms with Crippen LogP contribution in [0.15, 0.2) is 60.7 Å². The van der Waals surface area contributed by atoms with Crippen LogP contribution >= 0.6 is 0 Å². The maximum Gasteiger partial charge on any atom is 0.416 e. The predicted octanol–water partition coefficient (Wildman–Crippen LogP) is 4.44. The highest BCUT2D eigenvalue weighted by Crippen LogP contribution is 2.29. The second-order valence-corrected chi connectivity index (χ2v) is 7.51. The fourth-order valence-corrected chi connectivity index (χ4v) is 3.50. The van der Waals surface area contributed by atoms with Crippen molar-refractivity contribution in [2.24, 2.45) is 5.73 Å². The highest BCUT2D eigenvalue weighted by Gasteiger charge is 2.29. The zero-order chi connectivity index (χ0) is 22.0. The monoisotopic (exact) mass is 426 g/mol. The third kappa shape index (κ3) is 5.03. The lowest BCUT2D eigenvalue weighted by atomic mass is 10.1. The van der Waals surface area contributed by atoms with Gasteiger partial charge in [-0.05, 0) is 60.5 Å². The lowest BCUT2D eigenvalue weighted by Crippen LogP contribution is -2.26. The average Bonchev–Trinajstić information content (AvgIpc) is 3.18. The van der Waals surface area contributed by atoms with Gasteiger partial charge in [0.2, 0.25) is 5.91 Å². The molecule has 4 rings (SSSR count). The second kappa shape index (κ2) is 8.39. The zero-order valence-electron chi connectivity index (χ0n) is 16.6. The molecule has 0 saturated carbocycles. The number of nitrogens with one attached hydrogen (secondary N) is 1. The molecular formula is C23H21F3N4O. The molecule has 3 aromatic rings. The smallest absolute Gasteiger partial charge is 0.355 e. The van der Waals surface area contributed by atoms with Gasteiger partial charge in [0.1, 0.15) is 5.82 Å². The minimum atomic E-state index is -4.38. The molecule has 1 atom stereocenters. The van der Waals surface area contributed by atoms with E-state index in [4.69, 9.17) is 5.73 Å². The SMILES string of the molecule is NC1CCN(c2ccc3cc(NC(=O)/C=C/c4ccc(C(F)(F)F)cc4)ccc3n2)C1. The molecule has 0 bridgehead atoms. The number of nitrogens with two attached hydrogens (primary N) is 1. The summed E-state index contributed by atoms with van der Waals surface area (Å²) in [5, 5.41) is 3.64. The first-order chi connectivity index (χ1) is 14.8. The number of hydrogen-bond acceptors (Lipinski definition) is 4. The Morgan fingerprint density at radius 2 is 1.90 bits per heavy atom. The van der Waals surface area contributed by atoms with Crippen LogP contribution in [-0.4, -0.2) is 30.0 Å². The van der Waals surface area contributed by atoms with Crippen molar-refractivity contribution in [1.82, 2.24) is 4.98 Å². The van der Waals surface area contributed by atoms with Crippen LogP contribution in [0.1, 0.15) is 17.5 Å². The van der Waals surface area contributed by atoms with E-state index in [1.807, 2.05) is 24.3 Å². The van der Waals surface area contributed by atoms with Gasteiger partial charge in [0.25, 0.3) is 0 Å². The molecule has 5 nitrogen and oxygen atoms in total. The summed E-state index contributed by atoms with van der Waals surface area (Å²) in [6, 6.07) is 14.1. The number of hydrogen-bond donors (Lipinski definition) is 2. The fourth-order valence-electron chi connectivity index (χ4n) is 3.50. The number of amides is 1. The van der Waals surface area contributed by atoms with E-state index in [-0.39, 0.29) is 11.9 Å². The minimum absolute atomic E-state index is 0.172. The molecule has 1 aliphatic heterocycles. The molecule has 2 heterocycles. The lowest BCUT2D eigenvalue weighted by Gasteiger charge is -2.17. The first kappa shape index (κ1) is 20.9. The first-order valence-corrected chi connectivity index (χ1v) is 9.85. The summed E-state index contributed by atoms with van der Waals surface area (Å²) in [4.78, 5) is 19.0. The van der Waals surface area contributed by atoms with E-state index in [0.29, 0.717) is 11.3 Å². The zero-order valence-corrected chi connectivity index (χ0v) is 16.6. The van der Waals surface area contributed by atoms with Crippen molar-refractivity contribution in [3.63, 3.8) is 0 Å². The van der Waals surface area contributed by atoms with Gasteiger partial charge < -0.3 is 16.0 Å². The van der Waals surface area contributed by atoms with Gasteiger partial charge in [-0.2, -0.15) is 13.2 Å². The number of halogens is 3. The van der Waals surface area contributed by atoms with Gasteiger partial charge in [0.05, 0.1) is 11.1 Å². The lowest BCUT2D eigenvalue weighted by molar-refractivity contribution is -0.137. The highest BCUT2D eigenvalue weighted by atomic mass is 19.4. The Bertz CT molecular complexity index is 1130. The Morgan fingerprint density at radius 3 is 2.58 bits per heavy atom. The predicted molar refractivity (Wildman–Crippen MR) is 116 cm³/mol. The molecular weight excluding hydrogens is 405 g/mol. The summed E-state index contributed by atoms with van der Waals surface area (Å²) in [7, 11) is 0. The van der Waals surface area contributed by atoms with Gasteiger partial charge in [-0.25, -0.2) is 4.98 Å². The van der Waals surface area contributed by atoms with E-state index in [9.17, 15) is 18.0 Å². The highest BCUT2D eigenvalue weighted by molar-refractivity contribution is 6.03. The van der Waals surface area contributed by atoms with Gasteiger partial charge in [0.15, 0.2) is 0 Å². The van der Waals surface area contributed by atoms with Gasteiger partial charge in [-0.3, -0.25) is 4.79 Å². The topological polar surface area (TPSA) is 71.2 Å². The number of pyridine rings is 1. The molecule has 1 aromatic heterocycles. The maximum absolute atomic E-state index is 12.6. The summed E-state index contributed by atoms with van der Waals surface area (Å²) in [5.41, 5.74) is 7.16. The number of alkyl halides is 3. The number of carbonyl (C=O) groups is 1. The van der Waals surface area contributed by atoms with E-state index >= 15 is 0 Å². The largest absolute Gasteiger partial charge is 0.416 e. The number of benzene rings is 2. The molecule has 160 valence electrons. The minimum Gasteiger partial charge on any atom is -0.355 e. The average molecular weight is 426 g/mol. The summed E-state index contributed by atoms with van der Waals surface area (Å²) in [6.45, 7) is 1.68. The van der Waals surface area contributed by atoms with E-state index < -0.39 is 11.7 Å². The third-order valence-corrected chi connectivity index (χ3v) is 5.16. The molecule has 1 amide bonds. The Kier molecular flexibility index (Phi) is 5.65. The number of nitrogens with zero attached hydrogens (tertiary/aromatic N) is 2.